The number of hydrogen-bond donors (Lipinski definition) is 0. The molecule has 0 aromatic carbocycles. The van der Waals surface area contributed by atoms with E-state index in [0.717, 1.165) is 6.54 Å². The highest BCUT2D eigenvalue weighted by Gasteiger charge is 1.98. The van der Waals surface area contributed by atoms with Gasteiger partial charge >= 0.3 is 0 Å². The molecule has 54 heavy (non-hydrogen) atoms. The van der Waals surface area contributed by atoms with Gasteiger partial charge in [-0.15, -0.1) is 0 Å². The fourth-order valence-corrected chi connectivity index (χ4v) is 8.55. The third-order valence-electron chi connectivity index (χ3n) is 12.5. The van der Waals surface area contributed by atoms with Gasteiger partial charge in [0.15, 0.2) is 0 Å². The lowest BCUT2D eigenvalue weighted by molar-refractivity contribution is 0.517. The Morgan fingerprint density at radius 1 is 0.204 bits per heavy atom. The standard InChI is InChI=1S/C53H107N/c1-3-5-7-9-11-13-15-17-19-21-23-25-27-29-31-33-35-37-39-41-43-45-47-49-51-53-54-52-50-48-46-44-42-40-38-36-34-32-30-28-26-24-22-20-18-16-14-12-10-8-6-4-2/h53H,3-52H2,1-2H3. The second-order valence-electron chi connectivity index (χ2n) is 18.1. The van der Waals surface area contributed by atoms with E-state index in [1.807, 2.05) is 0 Å². The molecule has 0 heterocycles. The largest absolute Gasteiger partial charge is 0.298 e. The molecule has 0 N–H and O–H groups in total. The van der Waals surface area contributed by atoms with Crippen LogP contribution in [0.25, 0.3) is 0 Å². The van der Waals surface area contributed by atoms with Gasteiger partial charge in [-0.1, -0.05) is 309 Å². The summed E-state index contributed by atoms with van der Waals surface area (Å²) in [5.74, 6) is 0. The number of nitrogens with zero attached hydrogens (tertiary/aromatic N) is 1. The third kappa shape index (κ3) is 51.7. The first-order valence-electron chi connectivity index (χ1n) is 26.4. The van der Waals surface area contributed by atoms with E-state index in [1.54, 1.807) is 0 Å². The first-order chi connectivity index (χ1) is 26.9. The molecule has 324 valence electrons. The number of hydrogen-bond acceptors (Lipinski definition) is 1. The van der Waals surface area contributed by atoms with Crippen molar-refractivity contribution in [1.82, 2.24) is 0 Å². The molecule has 0 amide bonds. The van der Waals surface area contributed by atoms with Gasteiger partial charge in [0.1, 0.15) is 0 Å². The summed E-state index contributed by atoms with van der Waals surface area (Å²) in [5.41, 5.74) is 0. The highest BCUT2D eigenvalue weighted by Crippen LogP contribution is 2.18. The molecule has 0 radical (unpaired) electrons. The zero-order valence-electron chi connectivity index (χ0n) is 38.4. The Hall–Kier alpha value is -0.330. The van der Waals surface area contributed by atoms with Crippen LogP contribution in [0.1, 0.15) is 328 Å². The van der Waals surface area contributed by atoms with Gasteiger partial charge in [0.05, 0.1) is 0 Å². The van der Waals surface area contributed by atoms with Crippen molar-refractivity contribution >= 4 is 6.21 Å². The van der Waals surface area contributed by atoms with Crippen LogP contribution in [0.15, 0.2) is 4.99 Å². The lowest BCUT2D eigenvalue weighted by atomic mass is 10.0. The van der Waals surface area contributed by atoms with Crippen molar-refractivity contribution in [3.05, 3.63) is 0 Å². The molecule has 0 rings (SSSR count). The molecule has 0 unspecified atom stereocenters. The summed E-state index contributed by atoms with van der Waals surface area (Å²) in [4.78, 5) is 4.70. The maximum absolute atomic E-state index is 4.70. The summed E-state index contributed by atoms with van der Waals surface area (Å²) in [7, 11) is 0. The molecule has 0 aliphatic rings. The summed E-state index contributed by atoms with van der Waals surface area (Å²) < 4.78 is 0. The molecule has 1 heteroatoms. The molecule has 0 bridgehead atoms. The van der Waals surface area contributed by atoms with E-state index in [1.165, 1.54) is 315 Å². The molecule has 0 aromatic heterocycles. The van der Waals surface area contributed by atoms with Crippen LogP contribution in [0.2, 0.25) is 0 Å². The highest BCUT2D eigenvalue weighted by atomic mass is 14.7. The van der Waals surface area contributed by atoms with Crippen molar-refractivity contribution in [3.8, 4) is 0 Å². The van der Waals surface area contributed by atoms with Crippen molar-refractivity contribution in [2.24, 2.45) is 4.99 Å². The van der Waals surface area contributed by atoms with Crippen molar-refractivity contribution in [1.29, 1.82) is 0 Å². The van der Waals surface area contributed by atoms with Crippen LogP contribution in [0, 0.1) is 0 Å². The monoisotopic (exact) mass is 758 g/mol. The van der Waals surface area contributed by atoms with Crippen LogP contribution >= 0.6 is 0 Å². The fourth-order valence-electron chi connectivity index (χ4n) is 8.55. The molecule has 0 saturated heterocycles. The summed E-state index contributed by atoms with van der Waals surface area (Å²) in [6.07, 6.45) is 73.6. The summed E-state index contributed by atoms with van der Waals surface area (Å²) >= 11 is 0. The van der Waals surface area contributed by atoms with Crippen LogP contribution in [0.5, 0.6) is 0 Å². The van der Waals surface area contributed by atoms with Gasteiger partial charge in [-0.05, 0) is 25.5 Å². The quantitative estimate of drug-likeness (QED) is 0.0433. The number of rotatable bonds is 50. The Kier molecular flexibility index (Phi) is 52.3. The van der Waals surface area contributed by atoms with Crippen LogP contribution in [-0.2, 0) is 0 Å². The molecule has 0 aromatic rings. The average molecular weight is 758 g/mol. The van der Waals surface area contributed by atoms with Crippen molar-refractivity contribution < 1.29 is 0 Å². The van der Waals surface area contributed by atoms with Crippen LogP contribution in [-0.4, -0.2) is 12.8 Å². The minimum atomic E-state index is 1.07. The fraction of sp³-hybridized carbons (Fsp3) is 0.981. The summed E-state index contributed by atoms with van der Waals surface area (Å²) in [6, 6.07) is 0. The zero-order valence-corrected chi connectivity index (χ0v) is 38.4. The van der Waals surface area contributed by atoms with Gasteiger partial charge < -0.3 is 0 Å². The second kappa shape index (κ2) is 52.7. The minimum Gasteiger partial charge on any atom is -0.298 e. The zero-order chi connectivity index (χ0) is 38.8. The van der Waals surface area contributed by atoms with Crippen LogP contribution in [0.3, 0.4) is 0 Å². The van der Waals surface area contributed by atoms with E-state index in [-0.39, 0.29) is 0 Å². The first kappa shape index (κ1) is 53.7. The van der Waals surface area contributed by atoms with Gasteiger partial charge in [0.2, 0.25) is 0 Å². The Morgan fingerprint density at radius 2 is 0.370 bits per heavy atom. The highest BCUT2D eigenvalue weighted by molar-refractivity contribution is 5.56. The van der Waals surface area contributed by atoms with Crippen LogP contribution in [0.4, 0.5) is 0 Å². The van der Waals surface area contributed by atoms with E-state index in [4.69, 9.17) is 4.99 Å². The first-order valence-corrected chi connectivity index (χ1v) is 26.4. The van der Waals surface area contributed by atoms with E-state index in [9.17, 15) is 0 Å². The van der Waals surface area contributed by atoms with Gasteiger partial charge in [0, 0.05) is 6.54 Å². The smallest absolute Gasteiger partial charge is 0.0385 e. The van der Waals surface area contributed by atoms with Crippen LogP contribution < -0.4 is 0 Å². The molecule has 1 nitrogen and oxygen atoms in total. The third-order valence-corrected chi connectivity index (χ3v) is 12.5. The molecule has 0 spiro atoms. The predicted molar refractivity (Wildman–Crippen MR) is 251 cm³/mol. The van der Waals surface area contributed by atoms with E-state index < -0.39 is 0 Å². The molecular weight excluding hydrogens is 651 g/mol. The summed E-state index contributed by atoms with van der Waals surface area (Å²) in [6.45, 7) is 5.69. The van der Waals surface area contributed by atoms with E-state index >= 15 is 0 Å². The van der Waals surface area contributed by atoms with E-state index in [0.29, 0.717) is 0 Å². The Balaban J connectivity index is 3.09. The second-order valence-corrected chi connectivity index (χ2v) is 18.1. The maximum atomic E-state index is 4.70. The number of unbranched alkanes of at least 4 members (excludes halogenated alkanes) is 47. The van der Waals surface area contributed by atoms with Crippen molar-refractivity contribution in [2.75, 3.05) is 6.54 Å². The van der Waals surface area contributed by atoms with Gasteiger partial charge in [-0.3, -0.25) is 4.99 Å². The van der Waals surface area contributed by atoms with Crippen molar-refractivity contribution in [2.45, 2.75) is 328 Å². The van der Waals surface area contributed by atoms with E-state index in [2.05, 4.69) is 20.1 Å². The lowest BCUT2D eigenvalue weighted by Gasteiger charge is -2.04. The average Bonchev–Trinajstić information content (AvgIpc) is 3.18. The minimum absolute atomic E-state index is 1.07. The summed E-state index contributed by atoms with van der Waals surface area (Å²) in [5, 5.41) is 0. The van der Waals surface area contributed by atoms with Gasteiger partial charge in [0.25, 0.3) is 0 Å². The normalized spacial score (nSPS) is 11.8. The van der Waals surface area contributed by atoms with Crippen molar-refractivity contribution in [3.63, 3.8) is 0 Å². The predicted octanol–water partition coefficient (Wildman–Crippen LogP) is 20.2. The Morgan fingerprint density at radius 3 is 0.574 bits per heavy atom. The molecule has 0 aliphatic heterocycles. The molecule has 0 aliphatic carbocycles. The SMILES string of the molecule is CCCCCCCCCCCCCCCCCCCCCCCCCCC=NCCCCCCCCCCCCCCCCCCCCCCCCCC. The molecule has 0 fully saturated rings. The molecule has 0 atom stereocenters. The molecular formula is C53H107N. The topological polar surface area (TPSA) is 12.4 Å². The van der Waals surface area contributed by atoms with Gasteiger partial charge in [-0.2, -0.15) is 0 Å². The maximum Gasteiger partial charge on any atom is 0.0385 e. The van der Waals surface area contributed by atoms with Gasteiger partial charge in [-0.25, -0.2) is 0 Å². The number of aliphatic imine (C=N–C) groups is 1. The Bertz CT molecular complexity index is 585. The molecule has 0 saturated carbocycles. The Labute approximate surface area is 345 Å². The lowest BCUT2D eigenvalue weighted by Crippen LogP contribution is -1.86.